The average molecular weight is 277 g/mol. The molecule has 0 spiro atoms. The van der Waals surface area contributed by atoms with Gasteiger partial charge in [-0.2, -0.15) is 0 Å². The fraction of sp³-hybridized carbons (Fsp3) is 0.429. The van der Waals surface area contributed by atoms with Crippen molar-refractivity contribution in [3.8, 4) is 0 Å². The Hall–Kier alpha value is -2.08. The number of nitrogens with zero attached hydrogens (tertiary/aromatic N) is 1. The van der Waals surface area contributed by atoms with Gasteiger partial charge < -0.3 is 20.6 Å². The number of amides is 2. The summed E-state index contributed by atoms with van der Waals surface area (Å²) in [5.41, 5.74) is 0.628. The van der Waals surface area contributed by atoms with E-state index in [4.69, 9.17) is 5.11 Å². The van der Waals surface area contributed by atoms with Crippen LogP contribution in [0.5, 0.6) is 0 Å². The van der Waals surface area contributed by atoms with Crippen molar-refractivity contribution in [1.82, 2.24) is 10.2 Å². The second-order valence-electron chi connectivity index (χ2n) is 4.82. The predicted octanol–water partition coefficient (Wildman–Crippen LogP) is 1.60. The van der Waals surface area contributed by atoms with Gasteiger partial charge in [-0.3, -0.25) is 0 Å². The third-order valence-corrected chi connectivity index (χ3v) is 3.28. The number of rotatable bonds is 5. The van der Waals surface area contributed by atoms with Gasteiger partial charge in [0.05, 0.1) is 5.56 Å². The smallest absolute Gasteiger partial charge is 0.335 e. The summed E-state index contributed by atoms with van der Waals surface area (Å²) in [6, 6.07) is 5.86. The molecule has 1 saturated heterocycles. The monoisotopic (exact) mass is 277 g/mol. The highest BCUT2D eigenvalue weighted by Gasteiger charge is 2.11. The lowest BCUT2D eigenvalue weighted by molar-refractivity contribution is 0.0697. The second kappa shape index (κ2) is 6.91. The number of anilines is 1. The van der Waals surface area contributed by atoms with E-state index in [9.17, 15) is 9.59 Å². The van der Waals surface area contributed by atoms with Crippen LogP contribution in [-0.4, -0.2) is 48.2 Å². The van der Waals surface area contributed by atoms with Crippen molar-refractivity contribution in [1.29, 1.82) is 0 Å². The molecule has 20 heavy (non-hydrogen) atoms. The molecule has 6 nitrogen and oxygen atoms in total. The Kier molecular flexibility index (Phi) is 4.95. The number of carbonyl (C=O) groups is 2. The van der Waals surface area contributed by atoms with Crippen molar-refractivity contribution in [2.75, 3.05) is 31.5 Å². The molecule has 0 radical (unpaired) electrons. The van der Waals surface area contributed by atoms with E-state index in [0.717, 1.165) is 19.6 Å². The van der Waals surface area contributed by atoms with Gasteiger partial charge in [0, 0.05) is 18.8 Å². The average Bonchev–Trinajstić information content (AvgIpc) is 2.92. The Morgan fingerprint density at radius 3 is 2.70 bits per heavy atom. The van der Waals surface area contributed by atoms with Crippen LogP contribution in [0, 0.1) is 0 Å². The van der Waals surface area contributed by atoms with Crippen molar-refractivity contribution in [2.45, 2.75) is 12.8 Å². The van der Waals surface area contributed by atoms with E-state index in [2.05, 4.69) is 15.5 Å². The molecule has 1 heterocycles. The first kappa shape index (κ1) is 14.3. The molecular formula is C14H19N3O3. The van der Waals surface area contributed by atoms with E-state index >= 15 is 0 Å². The first-order valence-corrected chi connectivity index (χ1v) is 6.76. The van der Waals surface area contributed by atoms with E-state index in [1.54, 1.807) is 12.1 Å². The number of urea groups is 1. The molecule has 6 heteroatoms. The zero-order valence-corrected chi connectivity index (χ0v) is 11.3. The first-order chi connectivity index (χ1) is 9.65. The van der Waals surface area contributed by atoms with Gasteiger partial charge in [-0.1, -0.05) is 6.07 Å². The summed E-state index contributed by atoms with van der Waals surface area (Å²) in [5, 5.41) is 14.3. The highest BCUT2D eigenvalue weighted by molar-refractivity contribution is 5.93. The standard InChI is InChI=1S/C14H19N3O3/c18-13(19)11-4-3-5-12(10-11)16-14(20)15-6-9-17-7-1-2-8-17/h3-5,10H,1-2,6-9H2,(H,18,19)(H2,15,16,20). The van der Waals surface area contributed by atoms with Crippen LogP contribution in [0.2, 0.25) is 0 Å². The molecule has 1 aromatic rings. The van der Waals surface area contributed by atoms with E-state index in [0.29, 0.717) is 12.2 Å². The number of likely N-dealkylation sites (tertiary alicyclic amines) is 1. The van der Waals surface area contributed by atoms with Crippen LogP contribution in [0.15, 0.2) is 24.3 Å². The molecule has 2 amide bonds. The fourth-order valence-corrected chi connectivity index (χ4v) is 2.24. The van der Waals surface area contributed by atoms with Gasteiger partial charge in [-0.25, -0.2) is 9.59 Å². The highest BCUT2D eigenvalue weighted by Crippen LogP contribution is 2.10. The SMILES string of the molecule is O=C(NCCN1CCCC1)Nc1cccc(C(=O)O)c1. The van der Waals surface area contributed by atoms with E-state index in [1.807, 2.05) is 0 Å². The van der Waals surface area contributed by atoms with Gasteiger partial charge >= 0.3 is 12.0 Å². The molecular weight excluding hydrogens is 258 g/mol. The van der Waals surface area contributed by atoms with Crippen molar-refractivity contribution >= 4 is 17.7 Å². The lowest BCUT2D eigenvalue weighted by Crippen LogP contribution is -2.35. The van der Waals surface area contributed by atoms with E-state index in [-0.39, 0.29) is 11.6 Å². The number of carboxylic acid groups (broad SMARTS) is 1. The molecule has 1 fully saturated rings. The van der Waals surface area contributed by atoms with Crippen LogP contribution in [0.4, 0.5) is 10.5 Å². The number of carbonyl (C=O) groups excluding carboxylic acids is 1. The molecule has 0 saturated carbocycles. The van der Waals surface area contributed by atoms with Crippen molar-refractivity contribution in [2.24, 2.45) is 0 Å². The lowest BCUT2D eigenvalue weighted by Gasteiger charge is -2.15. The number of carboxylic acids is 1. The van der Waals surface area contributed by atoms with Crippen LogP contribution in [-0.2, 0) is 0 Å². The Morgan fingerprint density at radius 2 is 2.00 bits per heavy atom. The Morgan fingerprint density at radius 1 is 1.25 bits per heavy atom. The van der Waals surface area contributed by atoms with Crippen LogP contribution in [0.25, 0.3) is 0 Å². The number of aromatic carboxylic acids is 1. The van der Waals surface area contributed by atoms with Crippen LogP contribution < -0.4 is 10.6 Å². The molecule has 3 N–H and O–H groups in total. The molecule has 0 bridgehead atoms. The molecule has 0 unspecified atom stereocenters. The maximum Gasteiger partial charge on any atom is 0.335 e. The third kappa shape index (κ3) is 4.24. The van der Waals surface area contributed by atoms with Gasteiger partial charge in [-0.15, -0.1) is 0 Å². The summed E-state index contributed by atoms with van der Waals surface area (Å²) in [6.07, 6.45) is 2.46. The number of nitrogens with one attached hydrogen (secondary N) is 2. The normalized spacial score (nSPS) is 15.0. The van der Waals surface area contributed by atoms with Crippen LogP contribution >= 0.6 is 0 Å². The van der Waals surface area contributed by atoms with Gasteiger partial charge in [-0.05, 0) is 44.1 Å². The summed E-state index contributed by atoms with van der Waals surface area (Å²) < 4.78 is 0. The summed E-state index contributed by atoms with van der Waals surface area (Å²) in [7, 11) is 0. The summed E-state index contributed by atoms with van der Waals surface area (Å²) in [4.78, 5) is 24.8. The molecule has 108 valence electrons. The first-order valence-electron chi connectivity index (χ1n) is 6.76. The van der Waals surface area contributed by atoms with Gasteiger partial charge in [0.1, 0.15) is 0 Å². The molecule has 1 aromatic carbocycles. The van der Waals surface area contributed by atoms with Crippen molar-refractivity contribution in [3.63, 3.8) is 0 Å². The molecule has 0 atom stereocenters. The number of hydrogen-bond acceptors (Lipinski definition) is 3. The largest absolute Gasteiger partial charge is 0.478 e. The minimum absolute atomic E-state index is 0.153. The minimum Gasteiger partial charge on any atom is -0.478 e. The zero-order valence-electron chi connectivity index (χ0n) is 11.3. The second-order valence-corrected chi connectivity index (χ2v) is 4.82. The summed E-state index contributed by atoms with van der Waals surface area (Å²) in [6.45, 7) is 3.64. The molecule has 0 aromatic heterocycles. The molecule has 2 rings (SSSR count). The summed E-state index contributed by atoms with van der Waals surface area (Å²) in [5.74, 6) is -1.01. The maximum absolute atomic E-state index is 11.7. The molecule has 0 aliphatic carbocycles. The predicted molar refractivity (Wildman–Crippen MR) is 76.1 cm³/mol. The van der Waals surface area contributed by atoms with Gasteiger partial charge in [0.25, 0.3) is 0 Å². The fourth-order valence-electron chi connectivity index (χ4n) is 2.24. The highest BCUT2D eigenvalue weighted by atomic mass is 16.4. The van der Waals surface area contributed by atoms with E-state index in [1.165, 1.54) is 25.0 Å². The van der Waals surface area contributed by atoms with E-state index < -0.39 is 5.97 Å². The van der Waals surface area contributed by atoms with Crippen molar-refractivity contribution < 1.29 is 14.7 Å². The Bertz CT molecular complexity index is 484. The lowest BCUT2D eigenvalue weighted by atomic mass is 10.2. The Balaban J connectivity index is 1.76. The van der Waals surface area contributed by atoms with Gasteiger partial charge in [0.2, 0.25) is 0 Å². The topological polar surface area (TPSA) is 81.7 Å². The summed E-state index contributed by atoms with van der Waals surface area (Å²) >= 11 is 0. The molecule has 1 aliphatic rings. The van der Waals surface area contributed by atoms with Crippen molar-refractivity contribution in [3.05, 3.63) is 29.8 Å². The minimum atomic E-state index is -1.01. The Labute approximate surface area is 117 Å². The zero-order chi connectivity index (χ0) is 14.4. The van der Waals surface area contributed by atoms with Gasteiger partial charge in [0.15, 0.2) is 0 Å². The third-order valence-electron chi connectivity index (χ3n) is 3.28. The van der Waals surface area contributed by atoms with Crippen LogP contribution in [0.1, 0.15) is 23.2 Å². The quantitative estimate of drug-likeness (QED) is 0.763. The van der Waals surface area contributed by atoms with Crippen LogP contribution in [0.3, 0.4) is 0 Å². The maximum atomic E-state index is 11.7. The number of hydrogen-bond donors (Lipinski definition) is 3. The molecule has 1 aliphatic heterocycles. The number of benzene rings is 1.